The fraction of sp³-hybridized carbons (Fsp3) is 0.333. The van der Waals surface area contributed by atoms with E-state index in [1.165, 1.54) is 0 Å². The number of anilines is 1. The second-order valence-corrected chi connectivity index (χ2v) is 5.80. The summed E-state index contributed by atoms with van der Waals surface area (Å²) in [5.74, 6) is -2.30. The van der Waals surface area contributed by atoms with E-state index in [0.717, 1.165) is 10.0 Å². The molecule has 20 heavy (non-hydrogen) atoms. The maximum absolute atomic E-state index is 12.3. The number of aliphatic carboxylic acids is 1. The molecule has 1 aliphatic carbocycles. The molecule has 0 aromatic heterocycles. The van der Waals surface area contributed by atoms with E-state index in [1.807, 2.05) is 31.2 Å². The minimum Gasteiger partial charge on any atom is -0.481 e. The number of aryl methyl sites for hydroxylation is 1. The molecule has 1 aromatic carbocycles. The van der Waals surface area contributed by atoms with Gasteiger partial charge in [0.15, 0.2) is 0 Å². The highest BCUT2D eigenvalue weighted by atomic mass is 79.9. The number of halogens is 1. The van der Waals surface area contributed by atoms with Crippen molar-refractivity contribution < 1.29 is 14.7 Å². The largest absolute Gasteiger partial charge is 0.481 e. The number of amides is 1. The van der Waals surface area contributed by atoms with Crippen molar-refractivity contribution in [2.75, 3.05) is 5.32 Å². The van der Waals surface area contributed by atoms with Gasteiger partial charge in [-0.05, 0) is 43.5 Å². The molecule has 106 valence electrons. The van der Waals surface area contributed by atoms with Crippen molar-refractivity contribution in [3.8, 4) is 0 Å². The Labute approximate surface area is 126 Å². The Morgan fingerprint density at radius 1 is 1.25 bits per heavy atom. The monoisotopic (exact) mass is 337 g/mol. The zero-order valence-corrected chi connectivity index (χ0v) is 12.7. The molecule has 0 saturated carbocycles. The van der Waals surface area contributed by atoms with Crippen molar-refractivity contribution >= 4 is 33.5 Å². The van der Waals surface area contributed by atoms with Crippen LogP contribution in [0.5, 0.6) is 0 Å². The molecule has 0 saturated heterocycles. The second-order valence-electron chi connectivity index (χ2n) is 4.95. The van der Waals surface area contributed by atoms with Gasteiger partial charge in [-0.25, -0.2) is 0 Å². The fourth-order valence-electron chi connectivity index (χ4n) is 2.33. The summed E-state index contributed by atoms with van der Waals surface area (Å²) >= 11 is 3.40. The summed E-state index contributed by atoms with van der Waals surface area (Å²) in [6.07, 6.45) is 4.58. The molecule has 0 unspecified atom stereocenters. The van der Waals surface area contributed by atoms with Crippen LogP contribution < -0.4 is 5.32 Å². The lowest BCUT2D eigenvalue weighted by Gasteiger charge is -2.24. The molecule has 2 atom stereocenters. The molecule has 0 spiro atoms. The first-order chi connectivity index (χ1) is 9.49. The third-order valence-corrected chi connectivity index (χ3v) is 4.40. The Bertz CT molecular complexity index is 568. The minimum absolute atomic E-state index is 0.233. The number of carbonyl (C=O) groups excluding carboxylic acids is 1. The maximum atomic E-state index is 12.3. The van der Waals surface area contributed by atoms with E-state index in [1.54, 1.807) is 6.07 Å². The molecule has 2 N–H and O–H groups in total. The van der Waals surface area contributed by atoms with Gasteiger partial charge in [-0.2, -0.15) is 0 Å². The van der Waals surface area contributed by atoms with E-state index >= 15 is 0 Å². The van der Waals surface area contributed by atoms with E-state index in [-0.39, 0.29) is 5.91 Å². The van der Waals surface area contributed by atoms with E-state index in [4.69, 9.17) is 0 Å². The average Bonchev–Trinajstić information content (AvgIpc) is 2.43. The van der Waals surface area contributed by atoms with Crippen molar-refractivity contribution in [3.63, 3.8) is 0 Å². The van der Waals surface area contributed by atoms with E-state index in [2.05, 4.69) is 21.2 Å². The normalized spacial score (nSPS) is 21.5. The summed E-state index contributed by atoms with van der Waals surface area (Å²) in [5, 5.41) is 12.0. The van der Waals surface area contributed by atoms with Crippen LogP contribution in [0.4, 0.5) is 5.69 Å². The number of hydrogen-bond acceptors (Lipinski definition) is 2. The third-order valence-electron chi connectivity index (χ3n) is 3.51. The van der Waals surface area contributed by atoms with Crippen LogP contribution in [0.15, 0.2) is 34.8 Å². The Kier molecular flexibility index (Phi) is 4.60. The van der Waals surface area contributed by atoms with Crippen LogP contribution in [-0.2, 0) is 9.59 Å². The van der Waals surface area contributed by atoms with Crippen LogP contribution in [0.3, 0.4) is 0 Å². The number of carboxylic acid groups (broad SMARTS) is 1. The molecular formula is C15H16BrNO3. The highest BCUT2D eigenvalue weighted by Crippen LogP contribution is 2.28. The third kappa shape index (κ3) is 3.28. The summed E-state index contributed by atoms with van der Waals surface area (Å²) < 4.78 is 0.972. The first-order valence-corrected chi connectivity index (χ1v) is 7.23. The molecule has 5 heteroatoms. The molecule has 4 nitrogen and oxygen atoms in total. The van der Waals surface area contributed by atoms with E-state index < -0.39 is 17.8 Å². The Morgan fingerprint density at radius 3 is 2.50 bits per heavy atom. The predicted molar refractivity (Wildman–Crippen MR) is 80.5 cm³/mol. The highest BCUT2D eigenvalue weighted by Gasteiger charge is 2.33. The number of hydrogen-bond donors (Lipinski definition) is 2. The molecule has 0 aliphatic heterocycles. The van der Waals surface area contributed by atoms with Gasteiger partial charge in [0.05, 0.1) is 11.8 Å². The lowest BCUT2D eigenvalue weighted by molar-refractivity contribution is -0.146. The SMILES string of the molecule is Cc1cc(NC(=O)[C@H]2CC=CC[C@@H]2C(=O)O)ccc1Br. The molecule has 0 bridgehead atoms. The second kappa shape index (κ2) is 6.22. The van der Waals surface area contributed by atoms with Gasteiger partial charge in [-0.15, -0.1) is 0 Å². The lowest BCUT2D eigenvalue weighted by Crippen LogP contribution is -2.34. The van der Waals surface area contributed by atoms with Crippen LogP contribution in [-0.4, -0.2) is 17.0 Å². The van der Waals surface area contributed by atoms with Crippen molar-refractivity contribution in [1.82, 2.24) is 0 Å². The summed E-state index contributed by atoms with van der Waals surface area (Å²) in [6.45, 7) is 1.93. The van der Waals surface area contributed by atoms with Crippen LogP contribution in [0.1, 0.15) is 18.4 Å². The summed E-state index contributed by atoms with van der Waals surface area (Å²) in [4.78, 5) is 23.5. The van der Waals surface area contributed by atoms with E-state index in [9.17, 15) is 14.7 Å². The number of carbonyl (C=O) groups is 2. The summed E-state index contributed by atoms with van der Waals surface area (Å²) in [5.41, 5.74) is 1.70. The van der Waals surface area contributed by atoms with Crippen molar-refractivity contribution in [2.45, 2.75) is 19.8 Å². The predicted octanol–water partition coefficient (Wildman–Crippen LogP) is 3.36. The molecule has 0 radical (unpaired) electrons. The van der Waals surface area contributed by atoms with Crippen LogP contribution in [0.25, 0.3) is 0 Å². The fourth-order valence-corrected chi connectivity index (χ4v) is 2.58. The summed E-state index contributed by atoms with van der Waals surface area (Å²) in [7, 11) is 0. The number of allylic oxidation sites excluding steroid dienone is 2. The molecule has 0 fully saturated rings. The smallest absolute Gasteiger partial charge is 0.307 e. The van der Waals surface area contributed by atoms with Gasteiger partial charge in [0.2, 0.25) is 5.91 Å². The molecule has 0 heterocycles. The van der Waals surface area contributed by atoms with Gasteiger partial charge in [0, 0.05) is 10.2 Å². The van der Waals surface area contributed by atoms with Gasteiger partial charge < -0.3 is 10.4 Å². The molecule has 2 rings (SSSR count). The Morgan fingerprint density at radius 2 is 1.90 bits per heavy atom. The molecule has 1 amide bonds. The van der Waals surface area contributed by atoms with Gasteiger partial charge in [-0.1, -0.05) is 28.1 Å². The van der Waals surface area contributed by atoms with E-state index in [0.29, 0.717) is 18.5 Å². The van der Waals surface area contributed by atoms with Crippen LogP contribution in [0.2, 0.25) is 0 Å². The molecule has 1 aliphatic rings. The highest BCUT2D eigenvalue weighted by molar-refractivity contribution is 9.10. The van der Waals surface area contributed by atoms with Crippen LogP contribution in [0, 0.1) is 18.8 Å². The Hall–Kier alpha value is -1.62. The first-order valence-electron chi connectivity index (χ1n) is 6.44. The van der Waals surface area contributed by atoms with Crippen molar-refractivity contribution in [1.29, 1.82) is 0 Å². The standard InChI is InChI=1S/C15H16BrNO3/c1-9-8-10(6-7-13(9)16)17-14(18)11-4-2-3-5-12(11)15(19)20/h2-3,6-8,11-12H,4-5H2,1H3,(H,17,18)(H,19,20)/t11-,12-/m0/s1. The maximum Gasteiger partial charge on any atom is 0.307 e. The number of nitrogens with one attached hydrogen (secondary N) is 1. The zero-order chi connectivity index (χ0) is 14.7. The van der Waals surface area contributed by atoms with Gasteiger partial charge >= 0.3 is 5.97 Å². The summed E-state index contributed by atoms with van der Waals surface area (Å²) in [6, 6.07) is 5.51. The van der Waals surface area contributed by atoms with Gasteiger partial charge in [-0.3, -0.25) is 9.59 Å². The topological polar surface area (TPSA) is 66.4 Å². The average molecular weight is 338 g/mol. The Balaban J connectivity index is 2.12. The molecular weight excluding hydrogens is 322 g/mol. The number of rotatable bonds is 3. The van der Waals surface area contributed by atoms with Crippen LogP contribution >= 0.6 is 15.9 Å². The zero-order valence-electron chi connectivity index (χ0n) is 11.1. The minimum atomic E-state index is -0.915. The molecule has 1 aromatic rings. The van der Waals surface area contributed by atoms with Gasteiger partial charge in [0.1, 0.15) is 0 Å². The first kappa shape index (κ1) is 14.8. The number of carboxylic acids is 1. The number of benzene rings is 1. The quantitative estimate of drug-likeness (QED) is 0.831. The van der Waals surface area contributed by atoms with Gasteiger partial charge in [0.25, 0.3) is 0 Å². The van der Waals surface area contributed by atoms with Crippen molar-refractivity contribution in [2.24, 2.45) is 11.8 Å². The lowest BCUT2D eigenvalue weighted by atomic mass is 9.82. The van der Waals surface area contributed by atoms with Crippen molar-refractivity contribution in [3.05, 3.63) is 40.4 Å².